The maximum absolute atomic E-state index is 12.2. The van der Waals surface area contributed by atoms with Gasteiger partial charge in [-0.15, -0.1) is 0 Å². The molecule has 1 rings (SSSR count). The molecule has 134 valence electrons. The van der Waals surface area contributed by atoms with E-state index in [1.54, 1.807) is 6.92 Å². The highest BCUT2D eigenvalue weighted by Gasteiger charge is 2.12. The normalized spacial score (nSPS) is 10.4. The highest BCUT2D eigenvalue weighted by atomic mass is 19.3. The monoisotopic (exact) mass is 347 g/mol. The Hall–Kier alpha value is -2.42. The zero-order chi connectivity index (χ0) is 17.9. The van der Waals surface area contributed by atoms with E-state index in [0.717, 1.165) is 0 Å². The molecule has 0 aliphatic carbocycles. The predicted molar refractivity (Wildman–Crippen MR) is 78.9 cm³/mol. The number of amides is 1. The molecule has 0 aromatic heterocycles. The highest BCUT2D eigenvalue weighted by Crippen LogP contribution is 2.29. The molecular formula is C15H19F2NO6. The van der Waals surface area contributed by atoms with Crippen LogP contribution in [-0.2, 0) is 25.6 Å². The quantitative estimate of drug-likeness (QED) is 0.646. The zero-order valence-corrected chi connectivity index (χ0v) is 13.3. The minimum atomic E-state index is -2.96. The Kier molecular flexibility index (Phi) is 8.48. The fraction of sp³-hybridized carbons (Fsp3) is 0.467. The third kappa shape index (κ3) is 7.23. The van der Waals surface area contributed by atoms with Gasteiger partial charge >= 0.3 is 12.6 Å². The van der Waals surface area contributed by atoms with E-state index in [4.69, 9.17) is 14.2 Å². The van der Waals surface area contributed by atoms with Crippen LogP contribution in [0.2, 0.25) is 0 Å². The molecule has 1 amide bonds. The van der Waals surface area contributed by atoms with E-state index in [9.17, 15) is 18.4 Å². The average Bonchev–Trinajstić information content (AvgIpc) is 2.56. The number of halogens is 2. The molecule has 0 heterocycles. The first-order valence-electron chi connectivity index (χ1n) is 7.08. The van der Waals surface area contributed by atoms with E-state index >= 15 is 0 Å². The van der Waals surface area contributed by atoms with Crippen molar-refractivity contribution in [2.75, 3.05) is 26.9 Å². The molecule has 0 saturated heterocycles. The van der Waals surface area contributed by atoms with Gasteiger partial charge in [-0.1, -0.05) is 6.07 Å². The van der Waals surface area contributed by atoms with Crippen LogP contribution in [0.3, 0.4) is 0 Å². The van der Waals surface area contributed by atoms with Crippen molar-refractivity contribution in [2.24, 2.45) is 0 Å². The summed E-state index contributed by atoms with van der Waals surface area (Å²) in [5.41, 5.74) is 0.599. The van der Waals surface area contributed by atoms with Crippen LogP contribution < -0.4 is 14.8 Å². The van der Waals surface area contributed by atoms with E-state index < -0.39 is 25.1 Å². The first-order valence-corrected chi connectivity index (χ1v) is 7.08. The first kappa shape index (κ1) is 19.6. The highest BCUT2D eigenvalue weighted by molar-refractivity contribution is 5.80. The largest absolute Gasteiger partial charge is 0.493 e. The van der Waals surface area contributed by atoms with E-state index in [1.807, 2.05) is 0 Å². The summed E-state index contributed by atoms with van der Waals surface area (Å²) in [6.07, 6.45) is 0. The van der Waals surface area contributed by atoms with Gasteiger partial charge in [0.25, 0.3) is 5.91 Å². The van der Waals surface area contributed by atoms with Gasteiger partial charge in [0.2, 0.25) is 0 Å². The second kappa shape index (κ2) is 10.4. The number of hydrogen-bond donors (Lipinski definition) is 1. The van der Waals surface area contributed by atoms with Crippen LogP contribution in [0.25, 0.3) is 0 Å². The lowest BCUT2D eigenvalue weighted by molar-refractivity contribution is -0.152. The lowest BCUT2D eigenvalue weighted by atomic mass is 10.2. The third-order valence-electron chi connectivity index (χ3n) is 2.72. The van der Waals surface area contributed by atoms with Crippen LogP contribution in [-0.4, -0.2) is 45.4 Å². The first-order chi connectivity index (χ1) is 11.5. The fourth-order valence-electron chi connectivity index (χ4n) is 1.64. The lowest BCUT2D eigenvalue weighted by Crippen LogP contribution is -2.29. The topological polar surface area (TPSA) is 83.1 Å². The zero-order valence-electron chi connectivity index (χ0n) is 13.3. The summed E-state index contributed by atoms with van der Waals surface area (Å²) in [6.45, 7) is -1.41. The maximum Gasteiger partial charge on any atom is 0.387 e. The molecule has 0 saturated carbocycles. The second-order valence-corrected chi connectivity index (χ2v) is 4.44. The predicted octanol–water partition coefficient (Wildman–Crippen LogP) is 1.49. The van der Waals surface area contributed by atoms with Crippen molar-refractivity contribution in [3.05, 3.63) is 23.8 Å². The maximum atomic E-state index is 12.2. The van der Waals surface area contributed by atoms with Crippen LogP contribution in [0.15, 0.2) is 18.2 Å². The number of carbonyl (C=O) groups excluding carboxylic acids is 2. The molecule has 1 aromatic rings. The number of carbonyl (C=O) groups is 2. The van der Waals surface area contributed by atoms with Crippen molar-refractivity contribution in [1.29, 1.82) is 0 Å². The summed E-state index contributed by atoms with van der Waals surface area (Å²) in [6, 6.07) is 4.27. The lowest BCUT2D eigenvalue weighted by Gasteiger charge is -2.12. The Balaban J connectivity index is 2.46. The second-order valence-electron chi connectivity index (χ2n) is 4.44. The molecule has 0 spiro atoms. The van der Waals surface area contributed by atoms with Crippen LogP contribution in [0.1, 0.15) is 12.5 Å². The number of esters is 1. The van der Waals surface area contributed by atoms with Gasteiger partial charge in [0.1, 0.15) is 6.61 Å². The van der Waals surface area contributed by atoms with Gasteiger partial charge < -0.3 is 24.3 Å². The fourth-order valence-corrected chi connectivity index (χ4v) is 1.64. The summed E-state index contributed by atoms with van der Waals surface area (Å²) in [5.74, 6) is -1.13. The van der Waals surface area contributed by atoms with Gasteiger partial charge in [0.05, 0.1) is 7.11 Å². The van der Waals surface area contributed by atoms with Crippen molar-refractivity contribution in [3.63, 3.8) is 0 Å². The van der Waals surface area contributed by atoms with Crippen molar-refractivity contribution in [1.82, 2.24) is 5.32 Å². The molecule has 0 fully saturated rings. The summed E-state index contributed by atoms with van der Waals surface area (Å²) < 4.78 is 43.3. The van der Waals surface area contributed by atoms with E-state index in [1.165, 1.54) is 25.3 Å². The van der Waals surface area contributed by atoms with Crippen LogP contribution in [0.4, 0.5) is 8.78 Å². The van der Waals surface area contributed by atoms with Crippen LogP contribution in [0, 0.1) is 0 Å². The Bertz CT molecular complexity index is 553. The average molecular weight is 347 g/mol. The molecule has 0 aliphatic heterocycles. The Morgan fingerprint density at radius 3 is 2.58 bits per heavy atom. The molecular weight excluding hydrogens is 328 g/mol. The standard InChI is InChI=1S/C15H19F2NO6/c1-3-22-9-14(20)23-8-13(19)18-7-10-4-5-11(24-15(16)17)12(6-10)21-2/h4-6,15H,3,7-9H2,1-2H3,(H,18,19). The summed E-state index contributed by atoms with van der Waals surface area (Å²) in [7, 11) is 1.31. The number of alkyl halides is 2. The van der Waals surface area contributed by atoms with Gasteiger partial charge in [0.15, 0.2) is 18.1 Å². The van der Waals surface area contributed by atoms with Gasteiger partial charge in [-0.05, 0) is 24.6 Å². The van der Waals surface area contributed by atoms with Crippen molar-refractivity contribution < 1.29 is 37.3 Å². The van der Waals surface area contributed by atoms with Gasteiger partial charge in [-0.25, -0.2) is 4.79 Å². The van der Waals surface area contributed by atoms with Crippen molar-refractivity contribution in [3.8, 4) is 11.5 Å². The molecule has 0 radical (unpaired) electrons. The molecule has 1 N–H and O–H groups in total. The molecule has 7 nitrogen and oxygen atoms in total. The molecule has 0 atom stereocenters. The minimum Gasteiger partial charge on any atom is -0.493 e. The summed E-state index contributed by atoms with van der Waals surface area (Å²) >= 11 is 0. The third-order valence-corrected chi connectivity index (χ3v) is 2.72. The molecule has 0 unspecified atom stereocenters. The summed E-state index contributed by atoms with van der Waals surface area (Å²) in [4.78, 5) is 22.7. The Morgan fingerprint density at radius 2 is 1.96 bits per heavy atom. The van der Waals surface area contributed by atoms with Crippen molar-refractivity contribution >= 4 is 11.9 Å². The SMILES string of the molecule is CCOCC(=O)OCC(=O)NCc1ccc(OC(F)F)c(OC)c1. The number of nitrogens with one attached hydrogen (secondary N) is 1. The molecule has 0 aliphatic rings. The number of ether oxygens (including phenoxy) is 4. The molecule has 9 heteroatoms. The van der Waals surface area contributed by atoms with Crippen LogP contribution >= 0.6 is 0 Å². The smallest absolute Gasteiger partial charge is 0.387 e. The molecule has 0 bridgehead atoms. The van der Waals surface area contributed by atoms with E-state index in [-0.39, 0.29) is 24.7 Å². The number of rotatable bonds is 10. The number of methoxy groups -OCH3 is 1. The van der Waals surface area contributed by atoms with Gasteiger partial charge in [-0.2, -0.15) is 8.78 Å². The van der Waals surface area contributed by atoms with E-state index in [0.29, 0.717) is 12.2 Å². The van der Waals surface area contributed by atoms with E-state index in [2.05, 4.69) is 10.1 Å². The Labute approximate surface area is 137 Å². The minimum absolute atomic E-state index is 0.104. The number of benzene rings is 1. The van der Waals surface area contributed by atoms with Gasteiger partial charge in [0, 0.05) is 13.2 Å². The van der Waals surface area contributed by atoms with Crippen molar-refractivity contribution in [2.45, 2.75) is 20.1 Å². The van der Waals surface area contributed by atoms with Gasteiger partial charge in [-0.3, -0.25) is 4.79 Å². The summed E-state index contributed by atoms with van der Waals surface area (Å²) in [5, 5.41) is 2.52. The number of hydrogen-bond acceptors (Lipinski definition) is 6. The molecule has 24 heavy (non-hydrogen) atoms. The Morgan fingerprint density at radius 1 is 1.21 bits per heavy atom. The molecule has 1 aromatic carbocycles. The van der Waals surface area contributed by atoms with Crippen LogP contribution in [0.5, 0.6) is 11.5 Å².